The van der Waals surface area contributed by atoms with Crippen molar-refractivity contribution in [1.29, 1.82) is 0 Å². The normalized spacial score (nSPS) is 16.4. The van der Waals surface area contributed by atoms with Gasteiger partial charge in [-0.1, -0.05) is 11.6 Å². The van der Waals surface area contributed by atoms with Crippen LogP contribution in [0, 0.1) is 5.82 Å². The molecule has 0 aliphatic carbocycles. The quantitative estimate of drug-likeness (QED) is 0.866. The molecule has 6 nitrogen and oxygen atoms in total. The standard InChI is InChI=1S/C15H17ClFN3O3S/c16-12-2-1-11-14(13(12)17)19-9-20-15(11)18-5-8-24(21,22)10-3-6-23-7-4-10/h1-2,9-10H,3-8H2,(H,18,19,20). The maximum atomic E-state index is 14.0. The van der Waals surface area contributed by atoms with E-state index in [0.29, 0.717) is 37.3 Å². The van der Waals surface area contributed by atoms with Crippen molar-refractivity contribution in [3.63, 3.8) is 0 Å². The summed E-state index contributed by atoms with van der Waals surface area (Å²) in [6.45, 7) is 1.15. The SMILES string of the molecule is O=S(=O)(CCNc1ncnc2c(F)c(Cl)ccc12)C1CCOCC1. The Morgan fingerprint density at radius 2 is 2.04 bits per heavy atom. The van der Waals surface area contributed by atoms with Gasteiger partial charge in [0.2, 0.25) is 0 Å². The summed E-state index contributed by atoms with van der Waals surface area (Å²) < 4.78 is 43.8. The van der Waals surface area contributed by atoms with Crippen molar-refractivity contribution in [2.45, 2.75) is 18.1 Å². The second kappa shape index (κ2) is 7.16. The average Bonchev–Trinajstić information content (AvgIpc) is 2.59. The van der Waals surface area contributed by atoms with E-state index < -0.39 is 15.7 Å². The Hall–Kier alpha value is -1.51. The predicted octanol–water partition coefficient (Wildman–Crippen LogP) is 2.43. The first-order chi connectivity index (χ1) is 11.5. The van der Waals surface area contributed by atoms with E-state index in [2.05, 4.69) is 15.3 Å². The van der Waals surface area contributed by atoms with Crippen LogP contribution in [0.15, 0.2) is 18.5 Å². The molecule has 130 valence electrons. The van der Waals surface area contributed by atoms with E-state index in [1.807, 2.05) is 0 Å². The van der Waals surface area contributed by atoms with Crippen LogP contribution in [0.4, 0.5) is 10.2 Å². The average molecular weight is 374 g/mol. The van der Waals surface area contributed by atoms with Crippen LogP contribution in [0.5, 0.6) is 0 Å². The number of benzene rings is 1. The molecule has 0 spiro atoms. The Bertz CT molecular complexity index is 841. The largest absolute Gasteiger partial charge is 0.381 e. The lowest BCUT2D eigenvalue weighted by molar-refractivity contribution is 0.0984. The number of hydrogen-bond donors (Lipinski definition) is 1. The molecule has 1 aliphatic heterocycles. The molecule has 1 aliphatic rings. The smallest absolute Gasteiger partial charge is 0.168 e. The van der Waals surface area contributed by atoms with Crippen molar-refractivity contribution in [3.05, 3.63) is 29.3 Å². The van der Waals surface area contributed by atoms with Crippen LogP contribution >= 0.6 is 11.6 Å². The summed E-state index contributed by atoms with van der Waals surface area (Å²) in [6.07, 6.45) is 2.28. The number of sulfone groups is 1. The van der Waals surface area contributed by atoms with Crippen LogP contribution < -0.4 is 5.32 Å². The number of rotatable bonds is 5. The van der Waals surface area contributed by atoms with Crippen LogP contribution in [-0.4, -0.2) is 49.1 Å². The summed E-state index contributed by atoms with van der Waals surface area (Å²) in [5.41, 5.74) is 0.104. The highest BCUT2D eigenvalue weighted by atomic mass is 35.5. The van der Waals surface area contributed by atoms with Gasteiger partial charge in [0, 0.05) is 25.1 Å². The van der Waals surface area contributed by atoms with Gasteiger partial charge in [-0.2, -0.15) is 0 Å². The first-order valence-corrected chi connectivity index (χ1v) is 9.70. The molecule has 1 aromatic heterocycles. The molecule has 24 heavy (non-hydrogen) atoms. The van der Waals surface area contributed by atoms with Gasteiger partial charge >= 0.3 is 0 Å². The molecule has 0 bridgehead atoms. The summed E-state index contributed by atoms with van der Waals surface area (Å²) in [6, 6.07) is 3.03. The van der Waals surface area contributed by atoms with Gasteiger partial charge in [-0.05, 0) is 25.0 Å². The van der Waals surface area contributed by atoms with Gasteiger partial charge in [0.25, 0.3) is 0 Å². The highest BCUT2D eigenvalue weighted by Crippen LogP contribution is 2.26. The zero-order chi connectivity index (χ0) is 17.2. The molecule has 2 aromatic rings. The summed E-state index contributed by atoms with van der Waals surface area (Å²) in [4.78, 5) is 7.95. The highest BCUT2D eigenvalue weighted by molar-refractivity contribution is 7.92. The van der Waals surface area contributed by atoms with Gasteiger partial charge in [0.15, 0.2) is 15.7 Å². The van der Waals surface area contributed by atoms with Gasteiger partial charge in [0.05, 0.1) is 16.0 Å². The molecule has 1 aromatic carbocycles. The predicted molar refractivity (Wildman–Crippen MR) is 90.6 cm³/mol. The lowest BCUT2D eigenvalue weighted by Gasteiger charge is -2.22. The molecular formula is C15H17ClFN3O3S. The van der Waals surface area contributed by atoms with E-state index >= 15 is 0 Å². The number of hydrogen-bond acceptors (Lipinski definition) is 6. The molecule has 0 saturated carbocycles. The maximum Gasteiger partial charge on any atom is 0.168 e. The minimum absolute atomic E-state index is 0.0146. The molecule has 2 heterocycles. The lowest BCUT2D eigenvalue weighted by atomic mass is 10.2. The summed E-state index contributed by atoms with van der Waals surface area (Å²) in [5.74, 6) is -0.244. The molecule has 0 unspecified atom stereocenters. The second-order valence-electron chi connectivity index (χ2n) is 5.59. The Balaban J connectivity index is 1.71. The van der Waals surface area contributed by atoms with Gasteiger partial charge < -0.3 is 10.1 Å². The van der Waals surface area contributed by atoms with Crippen LogP contribution in [-0.2, 0) is 14.6 Å². The Kier molecular flexibility index (Phi) is 5.17. The Morgan fingerprint density at radius 3 is 2.79 bits per heavy atom. The molecule has 9 heteroatoms. The number of ether oxygens (including phenoxy) is 1. The molecular weight excluding hydrogens is 357 g/mol. The highest BCUT2D eigenvalue weighted by Gasteiger charge is 2.27. The number of fused-ring (bicyclic) bond motifs is 1. The molecule has 1 N–H and O–H groups in total. The minimum Gasteiger partial charge on any atom is -0.381 e. The molecule has 0 radical (unpaired) electrons. The molecule has 0 amide bonds. The van der Waals surface area contributed by atoms with Crippen molar-refractivity contribution in [3.8, 4) is 0 Å². The van der Waals surface area contributed by atoms with E-state index in [9.17, 15) is 12.8 Å². The summed E-state index contributed by atoms with van der Waals surface area (Å²) in [5, 5.41) is 3.04. The molecule has 3 rings (SSSR count). The first-order valence-electron chi connectivity index (χ1n) is 7.61. The number of anilines is 1. The number of nitrogens with one attached hydrogen (secondary N) is 1. The van der Waals surface area contributed by atoms with E-state index in [0.717, 1.165) is 0 Å². The topological polar surface area (TPSA) is 81.2 Å². The third kappa shape index (κ3) is 3.60. The fourth-order valence-electron chi connectivity index (χ4n) is 2.73. The number of halogens is 2. The Morgan fingerprint density at radius 1 is 1.29 bits per heavy atom. The zero-order valence-electron chi connectivity index (χ0n) is 12.8. The minimum atomic E-state index is -3.20. The van der Waals surface area contributed by atoms with Crippen molar-refractivity contribution in [2.24, 2.45) is 0 Å². The Labute approximate surface area is 144 Å². The van der Waals surface area contributed by atoms with Gasteiger partial charge in [0.1, 0.15) is 17.7 Å². The van der Waals surface area contributed by atoms with E-state index in [1.54, 1.807) is 6.07 Å². The first kappa shape index (κ1) is 17.3. The van der Waals surface area contributed by atoms with Gasteiger partial charge in [-0.3, -0.25) is 0 Å². The molecule has 1 saturated heterocycles. The van der Waals surface area contributed by atoms with Crippen molar-refractivity contribution in [2.75, 3.05) is 30.8 Å². The second-order valence-corrected chi connectivity index (χ2v) is 8.39. The van der Waals surface area contributed by atoms with Crippen LogP contribution in [0.25, 0.3) is 10.9 Å². The monoisotopic (exact) mass is 373 g/mol. The van der Waals surface area contributed by atoms with E-state index in [1.165, 1.54) is 12.4 Å². The number of aromatic nitrogens is 2. The van der Waals surface area contributed by atoms with Crippen molar-refractivity contribution in [1.82, 2.24) is 9.97 Å². The maximum absolute atomic E-state index is 14.0. The van der Waals surface area contributed by atoms with Crippen molar-refractivity contribution < 1.29 is 17.5 Å². The zero-order valence-corrected chi connectivity index (χ0v) is 14.4. The third-order valence-electron chi connectivity index (χ3n) is 4.05. The summed E-state index contributed by atoms with van der Waals surface area (Å²) >= 11 is 5.74. The van der Waals surface area contributed by atoms with Crippen LogP contribution in [0.3, 0.4) is 0 Å². The van der Waals surface area contributed by atoms with Gasteiger partial charge in [-0.15, -0.1) is 0 Å². The fourth-order valence-corrected chi connectivity index (χ4v) is 4.51. The third-order valence-corrected chi connectivity index (χ3v) is 6.61. The molecule has 1 fully saturated rings. The van der Waals surface area contributed by atoms with Crippen LogP contribution in [0.2, 0.25) is 5.02 Å². The number of nitrogens with zero attached hydrogens (tertiary/aromatic N) is 2. The van der Waals surface area contributed by atoms with E-state index in [-0.39, 0.29) is 28.1 Å². The molecule has 0 atom stereocenters. The van der Waals surface area contributed by atoms with Gasteiger partial charge in [-0.25, -0.2) is 22.8 Å². The van der Waals surface area contributed by atoms with Crippen LogP contribution in [0.1, 0.15) is 12.8 Å². The summed E-state index contributed by atoms with van der Waals surface area (Å²) in [7, 11) is -3.20. The lowest BCUT2D eigenvalue weighted by Crippen LogP contribution is -2.32. The van der Waals surface area contributed by atoms with E-state index in [4.69, 9.17) is 16.3 Å². The fraction of sp³-hybridized carbons (Fsp3) is 0.467. The van der Waals surface area contributed by atoms with Crippen molar-refractivity contribution >= 4 is 38.2 Å².